The van der Waals surface area contributed by atoms with E-state index >= 15 is 0 Å². The average Bonchev–Trinajstić information content (AvgIpc) is 2.77. The number of amidine groups is 1. The molecule has 0 amide bonds. The molecule has 0 spiro atoms. The van der Waals surface area contributed by atoms with E-state index in [4.69, 9.17) is 0 Å². The van der Waals surface area contributed by atoms with Gasteiger partial charge >= 0.3 is 0 Å². The normalized spacial score (nSPS) is 12.1. The molecule has 0 unspecified atom stereocenters. The fraction of sp³-hybridized carbons (Fsp3) is 0.238. The fourth-order valence-corrected chi connectivity index (χ4v) is 2.88. The van der Waals surface area contributed by atoms with E-state index in [1.54, 1.807) is 0 Å². The average molecular weight is 409 g/mol. The van der Waals surface area contributed by atoms with Crippen LogP contribution in [-0.4, -0.2) is 33.8 Å². The van der Waals surface area contributed by atoms with Gasteiger partial charge in [-0.2, -0.15) is 9.67 Å². The van der Waals surface area contributed by atoms with Crippen LogP contribution < -0.4 is 25.5 Å². The van der Waals surface area contributed by atoms with Crippen LogP contribution in [0.1, 0.15) is 5.69 Å². The van der Waals surface area contributed by atoms with Gasteiger partial charge in [0.15, 0.2) is 11.7 Å². The molecule has 0 fully saturated rings. The van der Waals surface area contributed by atoms with Gasteiger partial charge in [-0.1, -0.05) is 17.2 Å². The number of hydrogen-bond donors (Lipinski definition) is 4. The first kappa shape index (κ1) is 21.2. The van der Waals surface area contributed by atoms with Gasteiger partial charge in [-0.15, -0.1) is 5.43 Å². The monoisotopic (exact) mass is 409 g/mol. The molecule has 30 heavy (non-hydrogen) atoms. The molecule has 3 aromatic rings. The Balaban J connectivity index is 1.96. The van der Waals surface area contributed by atoms with Crippen molar-refractivity contribution in [2.45, 2.75) is 13.1 Å². The van der Waals surface area contributed by atoms with E-state index in [9.17, 15) is 10.2 Å². The Kier molecular flexibility index (Phi) is 7.64. The van der Waals surface area contributed by atoms with Crippen LogP contribution in [0.2, 0.25) is 0 Å². The zero-order chi connectivity index (χ0) is 21.2. The number of aliphatic hydroxyl groups is 2. The second-order valence-electron chi connectivity index (χ2n) is 6.47. The van der Waals surface area contributed by atoms with Gasteiger partial charge in [0.2, 0.25) is 0 Å². The molecule has 0 radical (unpaired) electrons. The van der Waals surface area contributed by atoms with Crippen molar-refractivity contribution < 1.29 is 19.3 Å². The molecular weight excluding hydrogens is 382 g/mol. The summed E-state index contributed by atoms with van der Waals surface area (Å²) in [6, 6.07) is 17.1. The molecule has 0 aliphatic heterocycles. The van der Waals surface area contributed by atoms with E-state index in [1.807, 2.05) is 93.9 Å². The lowest BCUT2D eigenvalue weighted by Crippen LogP contribution is -2.41. The third-order valence-electron chi connectivity index (χ3n) is 4.40. The van der Waals surface area contributed by atoms with Gasteiger partial charge in [0.25, 0.3) is 17.3 Å². The number of hydrazone groups is 1. The molecule has 3 aromatic heterocycles. The van der Waals surface area contributed by atoms with Crippen LogP contribution in [0.5, 0.6) is 0 Å². The summed E-state index contributed by atoms with van der Waals surface area (Å²) in [5.74, 6) is 1.25. The number of aryl methyl sites for hydroxylation is 1. The van der Waals surface area contributed by atoms with Crippen LogP contribution in [0.15, 0.2) is 83.4 Å². The number of nitrogens with one attached hydrogen (secondary N) is 2. The van der Waals surface area contributed by atoms with Gasteiger partial charge in [0, 0.05) is 30.9 Å². The first-order valence-electron chi connectivity index (χ1n) is 9.67. The first-order valence-corrected chi connectivity index (χ1v) is 9.67. The Bertz CT molecular complexity index is 1060. The zero-order valence-corrected chi connectivity index (χ0v) is 16.9. The maximum Gasteiger partial charge on any atom is 0.299 e. The van der Waals surface area contributed by atoms with Crippen LogP contribution in [0, 0.1) is 0 Å². The van der Waals surface area contributed by atoms with E-state index < -0.39 is 0 Å². The number of hydrogen-bond acceptors (Lipinski definition) is 5. The molecule has 0 atom stereocenters. The van der Waals surface area contributed by atoms with Gasteiger partial charge < -0.3 is 14.8 Å². The summed E-state index contributed by atoms with van der Waals surface area (Å²) < 4.78 is 5.65. The van der Waals surface area contributed by atoms with Crippen molar-refractivity contribution in [1.82, 2.24) is 9.99 Å². The molecule has 156 valence electrons. The molecule has 0 saturated carbocycles. The molecule has 4 N–H and O–H groups in total. The summed E-state index contributed by atoms with van der Waals surface area (Å²) in [6.45, 7) is 0.943. The Labute approximate surface area is 174 Å². The van der Waals surface area contributed by atoms with Crippen molar-refractivity contribution in [2.24, 2.45) is 17.3 Å². The summed E-state index contributed by atoms with van der Waals surface area (Å²) in [5.41, 5.74) is 7.58. The predicted octanol–water partition coefficient (Wildman–Crippen LogP) is -0.536. The van der Waals surface area contributed by atoms with E-state index in [0.717, 1.165) is 11.5 Å². The van der Waals surface area contributed by atoms with Gasteiger partial charge in [0.1, 0.15) is 13.6 Å². The zero-order valence-electron chi connectivity index (χ0n) is 16.9. The van der Waals surface area contributed by atoms with Gasteiger partial charge in [-0.05, 0) is 24.3 Å². The molecule has 3 heterocycles. The largest absolute Gasteiger partial charge is 0.395 e. The topological polar surface area (TPSA) is 102 Å². The van der Waals surface area contributed by atoms with Crippen LogP contribution >= 0.6 is 0 Å². The maximum absolute atomic E-state index is 9.28. The smallest absolute Gasteiger partial charge is 0.299 e. The van der Waals surface area contributed by atoms with Crippen LogP contribution in [0.4, 0.5) is 5.82 Å². The van der Waals surface area contributed by atoms with Crippen molar-refractivity contribution in [2.75, 3.05) is 18.6 Å². The first-order chi connectivity index (χ1) is 14.7. The summed E-state index contributed by atoms with van der Waals surface area (Å²) in [4.78, 5) is 0. The highest BCUT2D eigenvalue weighted by Gasteiger charge is 2.16. The molecule has 0 aliphatic carbocycles. The minimum absolute atomic E-state index is 0.0201. The number of aliphatic hydroxyl groups excluding tert-OH is 2. The van der Waals surface area contributed by atoms with Crippen molar-refractivity contribution in [3.8, 4) is 0 Å². The highest BCUT2D eigenvalue weighted by Crippen LogP contribution is 2.00. The molecule has 9 nitrogen and oxygen atoms in total. The van der Waals surface area contributed by atoms with Crippen LogP contribution in [-0.2, 0) is 20.1 Å². The van der Waals surface area contributed by atoms with Crippen molar-refractivity contribution in [3.63, 3.8) is 0 Å². The highest BCUT2D eigenvalue weighted by molar-refractivity contribution is 5.95. The second-order valence-corrected chi connectivity index (χ2v) is 6.47. The minimum Gasteiger partial charge on any atom is -0.395 e. The molecule has 9 heteroatoms. The predicted molar refractivity (Wildman–Crippen MR) is 112 cm³/mol. The minimum atomic E-state index is 0.0201. The number of aromatic nitrogens is 3. The molecule has 0 aliphatic rings. The van der Waals surface area contributed by atoms with Crippen molar-refractivity contribution in [3.05, 3.63) is 84.4 Å². The lowest BCUT2D eigenvalue weighted by Gasteiger charge is -2.07. The molecule has 0 aromatic carbocycles. The SMILES string of the molecule is C[n+]1ccccc1C(=NNc1cccc[n+]1CCO)N/N=c1\ccccn1CCO. The van der Waals surface area contributed by atoms with Gasteiger partial charge in [-0.25, -0.2) is 4.57 Å². The highest BCUT2D eigenvalue weighted by atomic mass is 16.3. The number of nitrogens with zero attached hydrogens (tertiary/aromatic N) is 5. The quantitative estimate of drug-likeness (QED) is 0.174. The Hall–Kier alpha value is -3.56. The Morgan fingerprint density at radius 2 is 1.80 bits per heavy atom. The second kappa shape index (κ2) is 10.8. The molecule has 3 rings (SSSR count). The van der Waals surface area contributed by atoms with Gasteiger partial charge in [0.05, 0.1) is 19.4 Å². The summed E-state index contributed by atoms with van der Waals surface area (Å²) in [5, 5.41) is 27.6. The fourth-order valence-electron chi connectivity index (χ4n) is 2.88. The molecule has 0 saturated heterocycles. The summed E-state index contributed by atoms with van der Waals surface area (Å²) >= 11 is 0. The van der Waals surface area contributed by atoms with E-state index in [2.05, 4.69) is 21.1 Å². The third kappa shape index (κ3) is 5.49. The van der Waals surface area contributed by atoms with Crippen molar-refractivity contribution in [1.29, 1.82) is 0 Å². The molecule has 0 bridgehead atoms. The lowest BCUT2D eigenvalue weighted by molar-refractivity contribution is -0.684. The summed E-state index contributed by atoms with van der Waals surface area (Å²) in [7, 11) is 1.93. The van der Waals surface area contributed by atoms with Crippen LogP contribution in [0.3, 0.4) is 0 Å². The Morgan fingerprint density at radius 1 is 1.00 bits per heavy atom. The van der Waals surface area contributed by atoms with E-state index in [-0.39, 0.29) is 13.2 Å². The van der Waals surface area contributed by atoms with Crippen molar-refractivity contribution >= 4 is 11.7 Å². The Morgan fingerprint density at radius 3 is 2.60 bits per heavy atom. The van der Waals surface area contributed by atoms with Gasteiger partial charge in [-0.3, -0.25) is 5.43 Å². The standard InChI is InChI=1S/C21H26N7O2/c1-26-11-5-2-8-18(26)21(24-22-19-9-3-6-12-27(19)14-16-29)25-23-20-10-4-7-13-28(20)15-17-30/h2-13,29-30H,14-17H2,1H3,(H,24,25)/q+1/p+1. The summed E-state index contributed by atoms with van der Waals surface area (Å²) in [6.07, 6.45) is 5.65. The van der Waals surface area contributed by atoms with E-state index in [0.29, 0.717) is 24.4 Å². The van der Waals surface area contributed by atoms with Crippen LogP contribution in [0.25, 0.3) is 0 Å². The maximum atomic E-state index is 9.28. The molecular formula is C21H27N7O2+2. The number of pyridine rings is 3. The lowest BCUT2D eigenvalue weighted by atomic mass is 10.3. The van der Waals surface area contributed by atoms with E-state index in [1.165, 1.54) is 0 Å². The number of rotatable bonds is 8. The number of anilines is 1. The third-order valence-corrected chi connectivity index (χ3v) is 4.40.